The van der Waals surface area contributed by atoms with E-state index in [2.05, 4.69) is 63.8 Å². The summed E-state index contributed by atoms with van der Waals surface area (Å²) in [7, 11) is 0. The first-order valence-corrected chi connectivity index (χ1v) is 12.4. The summed E-state index contributed by atoms with van der Waals surface area (Å²) in [6.45, 7) is 11.9. The lowest BCUT2D eigenvalue weighted by atomic mass is 10.1. The molecule has 0 spiro atoms. The second kappa shape index (κ2) is 10.2. The fourth-order valence-electron chi connectivity index (χ4n) is 4.55. The summed E-state index contributed by atoms with van der Waals surface area (Å²) in [6, 6.07) is 6.00. The number of pyridine rings is 1. The molecule has 0 unspecified atom stereocenters. The van der Waals surface area contributed by atoms with Gasteiger partial charge in [0.05, 0.1) is 28.1 Å². The van der Waals surface area contributed by atoms with Crippen molar-refractivity contribution in [3.63, 3.8) is 0 Å². The van der Waals surface area contributed by atoms with Crippen molar-refractivity contribution >= 4 is 33.1 Å². The van der Waals surface area contributed by atoms with Gasteiger partial charge in [-0.15, -0.1) is 0 Å². The summed E-state index contributed by atoms with van der Waals surface area (Å²) < 4.78 is 16.1. The van der Waals surface area contributed by atoms with E-state index >= 15 is 4.39 Å². The standard InChI is InChI=1S/C30H29FN6/c1-5-11-18(4)33-21(7-3)16-19(6-2)27-26(31)25-24(17-32-27)36-37-29(25)30-34-23-15-10-14-22(28(23)35-30)20-12-8-9-13-20/h6-8,10,12-17,33H,3-5,9,11H2,1-2H3,(H,34,35)(H,36,37)/b19-6+,21-16+. The van der Waals surface area contributed by atoms with Crippen LogP contribution in [0.25, 0.3) is 44.6 Å². The van der Waals surface area contributed by atoms with E-state index in [4.69, 9.17) is 4.98 Å². The lowest BCUT2D eigenvalue weighted by molar-refractivity contribution is 0.630. The fraction of sp³-hybridized carbons (Fsp3) is 0.167. The van der Waals surface area contributed by atoms with Gasteiger partial charge in [-0.05, 0) is 43.6 Å². The molecule has 37 heavy (non-hydrogen) atoms. The van der Waals surface area contributed by atoms with Gasteiger partial charge in [0.25, 0.3) is 0 Å². The molecule has 7 heteroatoms. The van der Waals surface area contributed by atoms with Gasteiger partial charge in [-0.25, -0.2) is 9.37 Å². The molecular weight excluding hydrogens is 463 g/mol. The number of aromatic nitrogens is 5. The summed E-state index contributed by atoms with van der Waals surface area (Å²) in [5.74, 6) is 0.0257. The predicted octanol–water partition coefficient (Wildman–Crippen LogP) is 7.36. The smallest absolute Gasteiger partial charge is 0.161 e. The molecule has 0 atom stereocenters. The number of hydrogen-bond acceptors (Lipinski definition) is 4. The Morgan fingerprint density at radius 2 is 2.14 bits per heavy atom. The zero-order valence-electron chi connectivity index (χ0n) is 21.0. The van der Waals surface area contributed by atoms with Crippen LogP contribution in [-0.4, -0.2) is 25.1 Å². The molecular formula is C30H29FN6. The van der Waals surface area contributed by atoms with E-state index in [1.54, 1.807) is 12.3 Å². The van der Waals surface area contributed by atoms with E-state index in [0.29, 0.717) is 28.0 Å². The Bertz CT molecular complexity index is 1640. The van der Waals surface area contributed by atoms with Gasteiger partial charge in [-0.2, -0.15) is 5.10 Å². The van der Waals surface area contributed by atoms with Gasteiger partial charge in [0.15, 0.2) is 11.6 Å². The summed E-state index contributed by atoms with van der Waals surface area (Å²) in [4.78, 5) is 12.6. The van der Waals surface area contributed by atoms with Crippen molar-refractivity contribution in [2.45, 2.75) is 33.1 Å². The monoisotopic (exact) mass is 492 g/mol. The number of imidazole rings is 1. The zero-order valence-corrected chi connectivity index (χ0v) is 21.0. The van der Waals surface area contributed by atoms with Gasteiger partial charge < -0.3 is 10.3 Å². The Balaban J connectivity index is 1.59. The van der Waals surface area contributed by atoms with Crippen LogP contribution in [0, 0.1) is 5.82 Å². The van der Waals surface area contributed by atoms with Crippen LogP contribution < -0.4 is 5.32 Å². The van der Waals surface area contributed by atoms with Crippen molar-refractivity contribution < 1.29 is 4.39 Å². The summed E-state index contributed by atoms with van der Waals surface area (Å²) in [5, 5.41) is 10.9. The van der Waals surface area contributed by atoms with Gasteiger partial charge >= 0.3 is 0 Å². The van der Waals surface area contributed by atoms with E-state index in [9.17, 15) is 0 Å². The maximum atomic E-state index is 16.1. The molecule has 0 radical (unpaired) electrons. The number of allylic oxidation sites excluding steroid dienone is 9. The number of para-hydroxylation sites is 1. The van der Waals surface area contributed by atoms with Crippen LogP contribution in [0.1, 0.15) is 44.4 Å². The van der Waals surface area contributed by atoms with Gasteiger partial charge in [0.2, 0.25) is 0 Å². The molecule has 1 aromatic carbocycles. The van der Waals surface area contributed by atoms with Crippen LogP contribution in [0.3, 0.4) is 0 Å². The maximum absolute atomic E-state index is 16.1. The Morgan fingerprint density at radius 1 is 1.27 bits per heavy atom. The van der Waals surface area contributed by atoms with Crippen LogP contribution >= 0.6 is 0 Å². The number of nitrogens with one attached hydrogen (secondary N) is 3. The topological polar surface area (TPSA) is 82.3 Å². The van der Waals surface area contributed by atoms with Crippen molar-refractivity contribution in [3.05, 3.63) is 102 Å². The molecule has 0 amide bonds. The maximum Gasteiger partial charge on any atom is 0.161 e. The van der Waals surface area contributed by atoms with Crippen LogP contribution in [-0.2, 0) is 0 Å². The second-order valence-electron chi connectivity index (χ2n) is 8.89. The number of nitrogens with zero attached hydrogens (tertiary/aromatic N) is 3. The molecule has 0 bridgehead atoms. The third-order valence-corrected chi connectivity index (χ3v) is 6.35. The van der Waals surface area contributed by atoms with Crippen LogP contribution in [0.2, 0.25) is 0 Å². The van der Waals surface area contributed by atoms with E-state index in [1.165, 1.54) is 0 Å². The highest BCUT2D eigenvalue weighted by molar-refractivity contribution is 5.98. The van der Waals surface area contributed by atoms with Crippen LogP contribution in [0.4, 0.5) is 4.39 Å². The van der Waals surface area contributed by atoms with Gasteiger partial charge in [0.1, 0.15) is 11.4 Å². The van der Waals surface area contributed by atoms with Crippen molar-refractivity contribution in [1.82, 2.24) is 30.5 Å². The largest absolute Gasteiger partial charge is 0.359 e. The van der Waals surface area contributed by atoms with Crippen LogP contribution in [0.15, 0.2) is 85.4 Å². The molecule has 3 aromatic heterocycles. The second-order valence-corrected chi connectivity index (χ2v) is 8.89. The number of benzene rings is 1. The SMILES string of the molecule is C=C/C(=C\C(=C/C)c1ncc2[nH]nc(-c3nc4c(C5=CCC=C5)cccc4[nH]3)c2c1F)NC(=C)CCC. The van der Waals surface area contributed by atoms with Crippen molar-refractivity contribution in [2.24, 2.45) is 0 Å². The minimum Gasteiger partial charge on any atom is -0.359 e. The van der Waals surface area contributed by atoms with Crippen molar-refractivity contribution in [2.75, 3.05) is 0 Å². The number of fused-ring (bicyclic) bond motifs is 2. The average molecular weight is 493 g/mol. The molecule has 0 aliphatic heterocycles. The first-order valence-electron chi connectivity index (χ1n) is 12.4. The van der Waals surface area contributed by atoms with Crippen molar-refractivity contribution in [3.8, 4) is 11.5 Å². The Labute approximate surface area is 215 Å². The molecule has 186 valence electrons. The molecule has 3 heterocycles. The first kappa shape index (κ1) is 24.2. The molecule has 3 N–H and O–H groups in total. The van der Waals surface area contributed by atoms with E-state index < -0.39 is 5.82 Å². The molecule has 5 rings (SSSR count). The third kappa shape index (κ3) is 4.56. The summed E-state index contributed by atoms with van der Waals surface area (Å²) in [5.41, 5.74) is 7.19. The van der Waals surface area contributed by atoms with Crippen LogP contribution in [0.5, 0.6) is 0 Å². The number of rotatable bonds is 9. The predicted molar refractivity (Wildman–Crippen MR) is 150 cm³/mol. The molecule has 1 aliphatic carbocycles. The van der Waals surface area contributed by atoms with E-state index in [0.717, 1.165) is 52.8 Å². The molecule has 0 saturated carbocycles. The lowest BCUT2D eigenvalue weighted by Crippen LogP contribution is -2.10. The minimum atomic E-state index is -0.469. The quantitative estimate of drug-likeness (QED) is 0.213. The highest BCUT2D eigenvalue weighted by atomic mass is 19.1. The first-order chi connectivity index (χ1) is 18.0. The molecule has 4 aromatic rings. The number of halogens is 1. The summed E-state index contributed by atoms with van der Waals surface area (Å²) >= 11 is 0. The number of aromatic amines is 2. The van der Waals surface area contributed by atoms with Gasteiger partial charge in [-0.1, -0.05) is 62.9 Å². The third-order valence-electron chi connectivity index (χ3n) is 6.35. The van der Waals surface area contributed by atoms with E-state index in [-0.39, 0.29) is 5.69 Å². The minimum absolute atomic E-state index is 0.220. The van der Waals surface area contributed by atoms with E-state index in [1.807, 2.05) is 37.3 Å². The molecule has 1 aliphatic rings. The molecule has 0 fully saturated rings. The Kier molecular flexibility index (Phi) is 6.68. The zero-order chi connectivity index (χ0) is 25.9. The van der Waals surface area contributed by atoms with Gasteiger partial charge in [0, 0.05) is 22.5 Å². The Hall–Kier alpha value is -4.52. The average Bonchev–Trinajstić information content (AvgIpc) is 3.66. The van der Waals surface area contributed by atoms with Gasteiger partial charge in [-0.3, -0.25) is 10.1 Å². The highest BCUT2D eigenvalue weighted by Crippen LogP contribution is 2.34. The Morgan fingerprint density at radius 3 is 2.86 bits per heavy atom. The summed E-state index contributed by atoms with van der Waals surface area (Å²) in [6.07, 6.45) is 16.0. The normalized spacial score (nSPS) is 14.0. The molecule has 0 saturated heterocycles. The van der Waals surface area contributed by atoms with Crippen molar-refractivity contribution in [1.29, 1.82) is 0 Å². The number of hydrogen-bond donors (Lipinski definition) is 3. The lowest BCUT2D eigenvalue weighted by Gasteiger charge is -2.11. The fourth-order valence-corrected chi connectivity index (χ4v) is 4.55. The highest BCUT2D eigenvalue weighted by Gasteiger charge is 2.21. The molecule has 6 nitrogen and oxygen atoms in total. The number of H-pyrrole nitrogens is 2.